The molecule has 0 amide bonds. The monoisotopic (exact) mass is 329 g/mol. The lowest BCUT2D eigenvalue weighted by atomic mass is 10.2. The molecule has 0 aliphatic heterocycles. The van der Waals surface area contributed by atoms with Gasteiger partial charge < -0.3 is 9.67 Å². The maximum absolute atomic E-state index is 13.0. The molecule has 0 unspecified atom stereocenters. The molecule has 0 aliphatic rings. The first-order valence-electron chi connectivity index (χ1n) is 7.25. The number of benzene rings is 2. The fourth-order valence-corrected chi connectivity index (χ4v) is 2.35. The summed E-state index contributed by atoms with van der Waals surface area (Å²) < 4.78 is 40.6. The van der Waals surface area contributed by atoms with Gasteiger partial charge in [0.2, 0.25) is 0 Å². The Morgan fingerprint density at radius 2 is 1.54 bits per heavy atom. The molecule has 0 bridgehead atoms. The summed E-state index contributed by atoms with van der Waals surface area (Å²) in [5.74, 6) is 0.0586. The average Bonchev–Trinajstić information content (AvgIpc) is 2.99. The van der Waals surface area contributed by atoms with Crippen LogP contribution in [0.15, 0.2) is 66.9 Å². The van der Waals surface area contributed by atoms with E-state index in [1.165, 1.54) is 16.7 Å². The molecule has 3 rings (SSSR count). The van der Waals surface area contributed by atoms with Gasteiger partial charge in [0, 0.05) is 17.6 Å². The smallest absolute Gasteiger partial charge is 0.417 e. The van der Waals surface area contributed by atoms with Gasteiger partial charge in [0.25, 0.3) is 0 Å². The van der Waals surface area contributed by atoms with E-state index in [9.17, 15) is 18.3 Å². The summed E-state index contributed by atoms with van der Waals surface area (Å²) in [4.78, 5) is 0. The van der Waals surface area contributed by atoms with Crippen LogP contribution in [0.2, 0.25) is 0 Å². The van der Waals surface area contributed by atoms with Gasteiger partial charge >= 0.3 is 6.18 Å². The number of phenolic OH excluding ortho intramolecular Hbond substituents is 1. The van der Waals surface area contributed by atoms with Crippen molar-refractivity contribution in [2.24, 2.45) is 0 Å². The Balaban J connectivity index is 2.04. The molecule has 0 saturated carbocycles. The highest BCUT2D eigenvalue weighted by atomic mass is 19.4. The standard InChI is InChI=1S/C19H14F3NO/c20-19(21,22)15-12-17(7-6-14-4-2-1-3-5-14)23(13-15)16-8-10-18(24)11-9-16/h1-13,24H/b7-6+. The van der Waals surface area contributed by atoms with Gasteiger partial charge in [0.05, 0.1) is 5.56 Å². The Hall–Kier alpha value is -2.95. The number of hydrogen-bond acceptors (Lipinski definition) is 1. The van der Waals surface area contributed by atoms with Gasteiger partial charge in [0.1, 0.15) is 5.75 Å². The summed E-state index contributed by atoms with van der Waals surface area (Å²) in [7, 11) is 0. The number of halogens is 3. The summed E-state index contributed by atoms with van der Waals surface area (Å²) in [5.41, 5.74) is 1.11. The van der Waals surface area contributed by atoms with Crippen LogP contribution in [0, 0.1) is 0 Å². The van der Waals surface area contributed by atoms with Crippen molar-refractivity contribution in [3.8, 4) is 11.4 Å². The normalized spacial score (nSPS) is 12.0. The maximum Gasteiger partial charge on any atom is 0.417 e. The van der Waals surface area contributed by atoms with E-state index in [4.69, 9.17) is 0 Å². The summed E-state index contributed by atoms with van der Waals surface area (Å²) in [6.07, 6.45) is 0.0262. The molecule has 0 radical (unpaired) electrons. The zero-order valence-electron chi connectivity index (χ0n) is 12.5. The molecular weight excluding hydrogens is 315 g/mol. The molecule has 2 aromatic carbocycles. The first-order chi connectivity index (χ1) is 11.4. The minimum Gasteiger partial charge on any atom is -0.508 e. The molecule has 122 valence electrons. The van der Waals surface area contributed by atoms with Gasteiger partial charge in [-0.1, -0.05) is 36.4 Å². The van der Waals surface area contributed by atoms with E-state index in [2.05, 4.69) is 0 Å². The third-order valence-corrected chi connectivity index (χ3v) is 3.55. The molecule has 0 saturated heterocycles. The van der Waals surface area contributed by atoms with Crippen molar-refractivity contribution in [3.63, 3.8) is 0 Å². The zero-order chi connectivity index (χ0) is 17.2. The Labute approximate surface area is 137 Å². The highest BCUT2D eigenvalue weighted by Crippen LogP contribution is 2.32. The van der Waals surface area contributed by atoms with Crippen LogP contribution < -0.4 is 0 Å². The van der Waals surface area contributed by atoms with Gasteiger partial charge in [-0.15, -0.1) is 0 Å². The number of rotatable bonds is 3. The minimum absolute atomic E-state index is 0.0586. The zero-order valence-corrected chi connectivity index (χ0v) is 12.5. The predicted octanol–water partition coefficient (Wildman–Crippen LogP) is 5.37. The van der Waals surface area contributed by atoms with E-state index in [1.54, 1.807) is 24.3 Å². The van der Waals surface area contributed by atoms with Crippen LogP contribution in [-0.4, -0.2) is 9.67 Å². The molecule has 1 heterocycles. The van der Waals surface area contributed by atoms with Gasteiger partial charge in [0.15, 0.2) is 0 Å². The minimum atomic E-state index is -4.42. The SMILES string of the molecule is Oc1ccc(-n2cc(C(F)(F)F)cc2/C=C/c2ccccc2)cc1. The van der Waals surface area contributed by atoms with Crippen molar-refractivity contribution in [2.45, 2.75) is 6.18 Å². The first-order valence-corrected chi connectivity index (χ1v) is 7.25. The maximum atomic E-state index is 13.0. The van der Waals surface area contributed by atoms with Crippen molar-refractivity contribution < 1.29 is 18.3 Å². The molecule has 1 N–H and O–H groups in total. The van der Waals surface area contributed by atoms with Crippen molar-refractivity contribution >= 4 is 12.2 Å². The van der Waals surface area contributed by atoms with Crippen LogP contribution in [0.1, 0.15) is 16.8 Å². The average molecular weight is 329 g/mol. The van der Waals surface area contributed by atoms with Crippen molar-refractivity contribution in [2.75, 3.05) is 0 Å². The van der Waals surface area contributed by atoms with Crippen molar-refractivity contribution in [3.05, 3.63) is 83.7 Å². The number of aromatic nitrogens is 1. The Kier molecular flexibility index (Phi) is 4.16. The fourth-order valence-electron chi connectivity index (χ4n) is 2.35. The third-order valence-electron chi connectivity index (χ3n) is 3.55. The van der Waals surface area contributed by atoms with Gasteiger partial charge in [-0.25, -0.2) is 0 Å². The summed E-state index contributed by atoms with van der Waals surface area (Å²) in [6.45, 7) is 0. The predicted molar refractivity (Wildman–Crippen MR) is 87.8 cm³/mol. The van der Waals surface area contributed by atoms with Crippen LogP contribution >= 0.6 is 0 Å². The van der Waals surface area contributed by atoms with Crippen LogP contribution in [0.5, 0.6) is 5.75 Å². The number of alkyl halides is 3. The van der Waals surface area contributed by atoms with Crippen LogP contribution in [0.25, 0.3) is 17.8 Å². The summed E-state index contributed by atoms with van der Waals surface area (Å²) >= 11 is 0. The molecule has 1 aromatic heterocycles. The highest BCUT2D eigenvalue weighted by Gasteiger charge is 2.32. The fraction of sp³-hybridized carbons (Fsp3) is 0.0526. The number of aromatic hydroxyl groups is 1. The molecule has 0 spiro atoms. The molecular formula is C19H14F3NO. The second-order valence-electron chi connectivity index (χ2n) is 5.28. The van der Waals surface area contributed by atoms with Crippen LogP contribution in [0.3, 0.4) is 0 Å². The molecule has 24 heavy (non-hydrogen) atoms. The van der Waals surface area contributed by atoms with Gasteiger partial charge in [-0.05, 0) is 42.0 Å². The number of phenols is 1. The summed E-state index contributed by atoms with van der Waals surface area (Å²) in [5, 5.41) is 9.36. The van der Waals surface area contributed by atoms with Crippen LogP contribution in [0.4, 0.5) is 13.2 Å². The lowest BCUT2D eigenvalue weighted by Gasteiger charge is -2.07. The van der Waals surface area contributed by atoms with Crippen molar-refractivity contribution in [1.29, 1.82) is 0 Å². The van der Waals surface area contributed by atoms with Gasteiger partial charge in [-0.2, -0.15) is 13.2 Å². The Morgan fingerprint density at radius 1 is 0.875 bits per heavy atom. The summed E-state index contributed by atoms with van der Waals surface area (Å²) in [6, 6.07) is 16.4. The van der Waals surface area contributed by atoms with Crippen molar-refractivity contribution in [1.82, 2.24) is 4.57 Å². The second-order valence-corrected chi connectivity index (χ2v) is 5.28. The highest BCUT2D eigenvalue weighted by molar-refractivity contribution is 5.69. The lowest BCUT2D eigenvalue weighted by Crippen LogP contribution is -2.02. The molecule has 5 heteroatoms. The van der Waals surface area contributed by atoms with E-state index in [0.717, 1.165) is 17.8 Å². The van der Waals surface area contributed by atoms with E-state index in [0.29, 0.717) is 11.4 Å². The van der Waals surface area contributed by atoms with E-state index >= 15 is 0 Å². The Bertz CT molecular complexity index is 847. The molecule has 0 fully saturated rings. The number of hydrogen-bond donors (Lipinski definition) is 1. The second kappa shape index (κ2) is 6.28. The molecule has 0 aliphatic carbocycles. The Morgan fingerprint density at radius 3 is 2.17 bits per heavy atom. The lowest BCUT2D eigenvalue weighted by molar-refractivity contribution is -0.137. The molecule has 2 nitrogen and oxygen atoms in total. The molecule has 0 atom stereocenters. The third kappa shape index (κ3) is 3.51. The molecule has 3 aromatic rings. The van der Waals surface area contributed by atoms with E-state index in [1.807, 2.05) is 30.3 Å². The number of nitrogens with zero attached hydrogens (tertiary/aromatic N) is 1. The quantitative estimate of drug-likeness (QED) is 0.686. The van der Waals surface area contributed by atoms with E-state index in [-0.39, 0.29) is 5.75 Å². The van der Waals surface area contributed by atoms with Crippen LogP contribution in [-0.2, 0) is 6.18 Å². The van der Waals surface area contributed by atoms with E-state index < -0.39 is 11.7 Å². The largest absolute Gasteiger partial charge is 0.508 e. The topological polar surface area (TPSA) is 25.2 Å². The van der Waals surface area contributed by atoms with Gasteiger partial charge in [-0.3, -0.25) is 0 Å². The first kappa shape index (κ1) is 15.9.